The third kappa shape index (κ3) is 2.13. The lowest BCUT2D eigenvalue weighted by molar-refractivity contribution is 0.525. The van der Waals surface area contributed by atoms with E-state index >= 15 is 0 Å². The molecule has 0 aliphatic carbocycles. The van der Waals surface area contributed by atoms with Crippen LogP contribution in [0.2, 0.25) is 5.02 Å². The van der Waals surface area contributed by atoms with Gasteiger partial charge >= 0.3 is 0 Å². The third-order valence-corrected chi connectivity index (χ3v) is 3.78. The summed E-state index contributed by atoms with van der Waals surface area (Å²) in [6.45, 7) is 2.18. The van der Waals surface area contributed by atoms with Crippen molar-refractivity contribution in [2.24, 2.45) is 0 Å². The van der Waals surface area contributed by atoms with E-state index in [-0.39, 0.29) is 6.04 Å². The second-order valence-electron chi connectivity index (χ2n) is 4.60. The molecule has 2 nitrogen and oxygen atoms in total. The Morgan fingerprint density at radius 3 is 2.63 bits per heavy atom. The van der Waals surface area contributed by atoms with Crippen molar-refractivity contribution in [2.45, 2.75) is 19.4 Å². The van der Waals surface area contributed by atoms with Crippen molar-refractivity contribution in [3.63, 3.8) is 0 Å². The van der Waals surface area contributed by atoms with Gasteiger partial charge in [-0.25, -0.2) is 0 Å². The van der Waals surface area contributed by atoms with Crippen LogP contribution < -0.4 is 0 Å². The lowest BCUT2D eigenvalue weighted by Crippen LogP contribution is -2.10. The topological polar surface area (TPSA) is 17.8 Å². The van der Waals surface area contributed by atoms with Crippen molar-refractivity contribution < 1.29 is 0 Å². The summed E-state index contributed by atoms with van der Waals surface area (Å²) < 4.78 is 2.07. The Morgan fingerprint density at radius 2 is 1.89 bits per heavy atom. The summed E-state index contributed by atoms with van der Waals surface area (Å²) in [6.07, 6.45) is 2.84. The van der Waals surface area contributed by atoms with Crippen LogP contribution in [0.25, 0.3) is 10.9 Å². The van der Waals surface area contributed by atoms with Crippen LogP contribution in [0.4, 0.5) is 0 Å². The number of fused-ring (bicyclic) bond motifs is 1. The van der Waals surface area contributed by atoms with Gasteiger partial charge in [-0.2, -0.15) is 5.10 Å². The van der Waals surface area contributed by atoms with Crippen molar-refractivity contribution in [1.82, 2.24) is 9.78 Å². The highest BCUT2D eigenvalue weighted by Crippen LogP contribution is 2.29. The molecule has 0 N–H and O–H groups in total. The van der Waals surface area contributed by atoms with Crippen LogP contribution in [0, 0.1) is 0 Å². The highest BCUT2D eigenvalue weighted by molar-refractivity contribution is 6.35. The summed E-state index contributed by atoms with van der Waals surface area (Å²) >= 11 is 6.21. The molecule has 0 saturated carbocycles. The summed E-state index contributed by atoms with van der Waals surface area (Å²) in [7, 11) is 0. The minimum atomic E-state index is 0.247. The normalized spacial score (nSPS) is 12.7. The number of aromatic nitrogens is 2. The van der Waals surface area contributed by atoms with E-state index in [0.29, 0.717) is 0 Å². The smallest absolute Gasteiger partial charge is 0.0773 e. The number of nitrogens with zero attached hydrogens (tertiary/aromatic N) is 2. The zero-order chi connectivity index (χ0) is 13.2. The average Bonchev–Trinajstić information content (AvgIpc) is 2.87. The maximum absolute atomic E-state index is 6.21. The number of hydrogen-bond donors (Lipinski definition) is 0. The van der Waals surface area contributed by atoms with Gasteiger partial charge < -0.3 is 0 Å². The van der Waals surface area contributed by atoms with Gasteiger partial charge in [0.05, 0.1) is 22.8 Å². The maximum atomic E-state index is 6.21. The second kappa shape index (κ2) is 5.06. The molecule has 0 fully saturated rings. The van der Waals surface area contributed by atoms with E-state index < -0.39 is 0 Å². The number of hydrogen-bond acceptors (Lipinski definition) is 1. The van der Waals surface area contributed by atoms with Crippen LogP contribution in [-0.2, 0) is 0 Å². The summed E-state index contributed by atoms with van der Waals surface area (Å²) in [5.74, 6) is 0. The fraction of sp³-hybridized carbons (Fsp3) is 0.188. The van der Waals surface area contributed by atoms with E-state index in [4.69, 9.17) is 11.6 Å². The van der Waals surface area contributed by atoms with E-state index in [2.05, 4.69) is 47.0 Å². The molecule has 0 radical (unpaired) electrons. The highest BCUT2D eigenvalue weighted by Gasteiger charge is 2.15. The van der Waals surface area contributed by atoms with Gasteiger partial charge in [-0.3, -0.25) is 4.68 Å². The Bertz CT molecular complexity index is 688. The van der Waals surface area contributed by atoms with Gasteiger partial charge in [0.15, 0.2) is 0 Å². The molecule has 3 heteroatoms. The van der Waals surface area contributed by atoms with Gasteiger partial charge in [0.1, 0.15) is 0 Å². The lowest BCUT2D eigenvalue weighted by atomic mass is 10.0. The molecule has 0 spiro atoms. The summed E-state index contributed by atoms with van der Waals surface area (Å²) in [5, 5.41) is 6.30. The Morgan fingerprint density at radius 1 is 1.11 bits per heavy atom. The Kier molecular flexibility index (Phi) is 3.26. The zero-order valence-corrected chi connectivity index (χ0v) is 11.5. The highest BCUT2D eigenvalue weighted by atomic mass is 35.5. The lowest BCUT2D eigenvalue weighted by Gasteiger charge is -2.17. The van der Waals surface area contributed by atoms with Crippen LogP contribution in [0.3, 0.4) is 0 Å². The first-order valence-electron chi connectivity index (χ1n) is 6.48. The molecule has 1 unspecified atom stereocenters. The van der Waals surface area contributed by atoms with Crippen molar-refractivity contribution in [2.75, 3.05) is 0 Å². The zero-order valence-electron chi connectivity index (χ0n) is 10.8. The van der Waals surface area contributed by atoms with Gasteiger partial charge in [-0.15, -0.1) is 0 Å². The van der Waals surface area contributed by atoms with E-state index in [9.17, 15) is 0 Å². The van der Waals surface area contributed by atoms with Gasteiger partial charge in [0, 0.05) is 5.39 Å². The van der Waals surface area contributed by atoms with Gasteiger partial charge in [0.25, 0.3) is 0 Å². The van der Waals surface area contributed by atoms with Gasteiger partial charge in [-0.05, 0) is 24.1 Å². The number of benzene rings is 2. The van der Waals surface area contributed by atoms with Gasteiger partial charge in [0.2, 0.25) is 0 Å². The molecule has 0 aliphatic rings. The van der Waals surface area contributed by atoms with E-state index in [1.807, 2.05) is 24.4 Å². The monoisotopic (exact) mass is 270 g/mol. The predicted molar refractivity (Wildman–Crippen MR) is 79.6 cm³/mol. The molecule has 0 aliphatic heterocycles. The van der Waals surface area contributed by atoms with Crippen molar-refractivity contribution in [1.29, 1.82) is 0 Å². The Hall–Kier alpha value is -1.80. The number of halogens is 1. The molecule has 3 rings (SSSR count). The molecule has 0 bridgehead atoms. The molecule has 2 aromatic carbocycles. The molecular formula is C16H15ClN2. The van der Waals surface area contributed by atoms with Crippen LogP contribution in [-0.4, -0.2) is 9.78 Å². The van der Waals surface area contributed by atoms with Crippen molar-refractivity contribution in [3.8, 4) is 0 Å². The standard InChI is InChI=1S/C16H15ClN2/c1-2-15(12-7-4-3-5-8-12)19-16-10-6-9-14(17)13(16)11-18-19/h3-11,15H,2H2,1H3. The number of rotatable bonds is 3. The summed E-state index contributed by atoms with van der Waals surface area (Å²) in [5.41, 5.74) is 2.36. The minimum Gasteiger partial charge on any atom is -0.257 e. The predicted octanol–water partition coefficient (Wildman–Crippen LogP) is 4.69. The molecule has 1 aromatic heterocycles. The summed E-state index contributed by atoms with van der Waals surface area (Å²) in [4.78, 5) is 0. The van der Waals surface area contributed by atoms with Crippen LogP contribution in [0.15, 0.2) is 54.7 Å². The molecule has 0 amide bonds. The molecule has 19 heavy (non-hydrogen) atoms. The van der Waals surface area contributed by atoms with Crippen LogP contribution >= 0.6 is 11.6 Å². The average molecular weight is 271 g/mol. The SMILES string of the molecule is CCC(c1ccccc1)n1ncc2c(Cl)cccc21. The first kappa shape index (κ1) is 12.2. The molecule has 1 atom stereocenters. The quantitative estimate of drug-likeness (QED) is 0.675. The molecule has 0 saturated heterocycles. The van der Waals surface area contributed by atoms with E-state index in [0.717, 1.165) is 22.3 Å². The van der Waals surface area contributed by atoms with Crippen molar-refractivity contribution in [3.05, 3.63) is 65.3 Å². The molecule has 96 valence electrons. The van der Waals surface area contributed by atoms with Crippen LogP contribution in [0.1, 0.15) is 24.9 Å². The molecule has 3 aromatic rings. The first-order chi connectivity index (χ1) is 9.31. The molecule has 1 heterocycles. The minimum absolute atomic E-state index is 0.247. The van der Waals surface area contributed by atoms with E-state index in [1.54, 1.807) is 0 Å². The first-order valence-corrected chi connectivity index (χ1v) is 6.85. The largest absolute Gasteiger partial charge is 0.257 e. The van der Waals surface area contributed by atoms with Crippen LogP contribution in [0.5, 0.6) is 0 Å². The van der Waals surface area contributed by atoms with Gasteiger partial charge in [-0.1, -0.05) is 54.9 Å². The summed E-state index contributed by atoms with van der Waals surface area (Å²) in [6, 6.07) is 16.6. The Balaban J connectivity index is 2.15. The molecular weight excluding hydrogens is 256 g/mol. The van der Waals surface area contributed by atoms with Crippen molar-refractivity contribution >= 4 is 22.5 Å². The fourth-order valence-electron chi connectivity index (χ4n) is 2.51. The maximum Gasteiger partial charge on any atom is 0.0773 e. The third-order valence-electron chi connectivity index (χ3n) is 3.45. The second-order valence-corrected chi connectivity index (χ2v) is 5.00. The Labute approximate surface area is 117 Å². The van der Waals surface area contributed by atoms with E-state index in [1.165, 1.54) is 5.56 Å². The fourth-order valence-corrected chi connectivity index (χ4v) is 2.73.